The summed E-state index contributed by atoms with van der Waals surface area (Å²) in [5.74, 6) is -0.365. The fraction of sp³-hybridized carbons (Fsp3) is 0.833. The molecule has 4 nitrogen and oxygen atoms in total. The highest BCUT2D eigenvalue weighted by atomic mass is 16.7. The van der Waals surface area contributed by atoms with E-state index in [1.807, 2.05) is 0 Å². The van der Waals surface area contributed by atoms with Crippen LogP contribution in [0, 0.1) is 0 Å². The van der Waals surface area contributed by atoms with Crippen molar-refractivity contribution in [1.29, 1.82) is 0 Å². The number of primary amides is 1. The van der Waals surface area contributed by atoms with Crippen LogP contribution in [0.1, 0.15) is 14.2 Å². The van der Waals surface area contributed by atoms with Gasteiger partial charge in [0.25, 0.3) is 0 Å². The highest BCUT2D eigenvalue weighted by Crippen LogP contribution is 2.15. The molecule has 1 heterocycles. The Morgan fingerprint density at radius 2 is 2.80 bits per heavy atom. The molecule has 1 saturated heterocycles. The lowest BCUT2D eigenvalue weighted by molar-refractivity contribution is -0.157. The predicted molar refractivity (Wildman–Crippen MR) is 35.9 cm³/mol. The van der Waals surface area contributed by atoms with E-state index in [1.54, 1.807) is 0 Å². The minimum Gasteiger partial charge on any atom is -0.368 e. The molecule has 1 atom stereocenters. The van der Waals surface area contributed by atoms with Gasteiger partial charge in [0.2, 0.25) is 5.91 Å². The summed E-state index contributed by atoms with van der Waals surface area (Å²) in [6.45, 7) is 0.701. The summed E-state index contributed by atoms with van der Waals surface area (Å²) < 4.78 is 6.78. The molecule has 58 valence electrons. The minimum atomic E-state index is -0.365. The highest BCUT2D eigenvalue weighted by Gasteiger charge is 2.28. The van der Waals surface area contributed by atoms with Crippen molar-refractivity contribution in [2.24, 2.45) is 5.73 Å². The van der Waals surface area contributed by atoms with Crippen molar-refractivity contribution in [3.8, 4) is 0 Å². The van der Waals surface area contributed by atoms with Crippen LogP contribution in [-0.4, -0.2) is 30.6 Å². The Kier molecular flexibility index (Phi) is 1.83. The quantitative estimate of drug-likeness (QED) is 0.569. The number of hydrogen-bond acceptors (Lipinski definition) is 3. The van der Waals surface area contributed by atoms with E-state index in [-0.39, 0.29) is 19.0 Å². The molecular formula is C6H12N2O2. The molecule has 1 amide bonds. The number of nitrogens with zero attached hydrogens (tertiary/aromatic N) is 1. The van der Waals surface area contributed by atoms with Gasteiger partial charge in [0.15, 0.2) is 0 Å². The molecule has 0 saturated carbocycles. The van der Waals surface area contributed by atoms with Gasteiger partial charge in [-0.15, -0.1) is 0 Å². The lowest BCUT2D eigenvalue weighted by Crippen LogP contribution is -2.39. The van der Waals surface area contributed by atoms with Gasteiger partial charge in [0, 0.05) is 6.54 Å². The minimum absolute atomic E-state index is 0.149. The lowest BCUT2D eigenvalue weighted by atomic mass is 10.2. The number of carbonyl (C=O) groups excluding carboxylic acids is 1. The number of rotatable bonds is 2. The Labute approximate surface area is 61.3 Å². The molecule has 0 aliphatic carbocycles. The molecule has 4 heteroatoms. The van der Waals surface area contributed by atoms with Crippen molar-refractivity contribution in [3.05, 3.63) is 0 Å². The van der Waals surface area contributed by atoms with Crippen molar-refractivity contribution in [2.45, 2.75) is 18.9 Å². The molecule has 1 aliphatic heterocycles. The van der Waals surface area contributed by atoms with Gasteiger partial charge in [-0.05, 0) is 12.8 Å². The second-order valence-electron chi connectivity index (χ2n) is 2.33. The summed E-state index contributed by atoms with van der Waals surface area (Å²) in [5.41, 5.74) is 5.10. The van der Waals surface area contributed by atoms with Crippen LogP contribution in [0.25, 0.3) is 0 Å². The first-order valence-electron chi connectivity index (χ1n) is 3.94. The summed E-state index contributed by atoms with van der Waals surface area (Å²) in [6, 6.07) is -0.319. The zero-order chi connectivity index (χ0) is 8.27. The largest absolute Gasteiger partial charge is 0.368 e. The van der Waals surface area contributed by atoms with E-state index in [2.05, 4.69) is 0 Å². The average Bonchev–Trinajstić information content (AvgIpc) is 2.36. The normalized spacial score (nSPS) is 28.4. The van der Waals surface area contributed by atoms with Crippen LogP contribution in [0.2, 0.25) is 0 Å². The topological polar surface area (TPSA) is 55.6 Å². The van der Waals surface area contributed by atoms with Gasteiger partial charge in [-0.25, -0.2) is 0 Å². The second-order valence-corrected chi connectivity index (χ2v) is 2.33. The Bertz CT molecular complexity index is 154. The Morgan fingerprint density at radius 3 is 3.40 bits per heavy atom. The van der Waals surface area contributed by atoms with E-state index in [4.69, 9.17) is 11.9 Å². The Morgan fingerprint density at radius 1 is 2.00 bits per heavy atom. The molecule has 0 spiro atoms. The SMILES string of the molecule is [2H]CON1CCC[C@H]1C(N)=O. The molecule has 0 aromatic heterocycles. The van der Waals surface area contributed by atoms with E-state index in [1.165, 1.54) is 5.06 Å². The van der Waals surface area contributed by atoms with E-state index >= 15 is 0 Å². The van der Waals surface area contributed by atoms with Gasteiger partial charge in [-0.2, -0.15) is 5.06 Å². The van der Waals surface area contributed by atoms with Crippen LogP contribution in [-0.2, 0) is 9.63 Å². The van der Waals surface area contributed by atoms with Crippen LogP contribution in [0.5, 0.6) is 0 Å². The van der Waals surface area contributed by atoms with Gasteiger partial charge in [0.05, 0.1) is 8.46 Å². The first-order chi connectivity index (χ1) is 5.25. The van der Waals surface area contributed by atoms with Crippen LogP contribution in [0.15, 0.2) is 0 Å². The molecule has 1 aliphatic rings. The van der Waals surface area contributed by atoms with Gasteiger partial charge < -0.3 is 10.6 Å². The predicted octanol–water partition coefficient (Wildman–Crippen LogP) is -0.502. The van der Waals surface area contributed by atoms with Gasteiger partial charge in [-0.3, -0.25) is 4.79 Å². The monoisotopic (exact) mass is 145 g/mol. The maximum atomic E-state index is 10.7. The third-order valence-corrected chi connectivity index (χ3v) is 1.70. The summed E-state index contributed by atoms with van der Waals surface area (Å²) in [6.07, 6.45) is 1.66. The van der Waals surface area contributed by atoms with E-state index < -0.39 is 0 Å². The van der Waals surface area contributed by atoms with Gasteiger partial charge in [0.1, 0.15) is 6.04 Å². The molecule has 10 heavy (non-hydrogen) atoms. The van der Waals surface area contributed by atoms with Gasteiger partial charge in [-0.1, -0.05) is 0 Å². The van der Waals surface area contributed by atoms with Crippen molar-refractivity contribution in [3.63, 3.8) is 0 Å². The number of nitrogens with two attached hydrogens (primary N) is 1. The van der Waals surface area contributed by atoms with Crippen molar-refractivity contribution in [1.82, 2.24) is 5.06 Å². The first kappa shape index (κ1) is 6.12. The lowest BCUT2D eigenvalue weighted by Gasteiger charge is -2.17. The second kappa shape index (κ2) is 2.98. The molecule has 0 unspecified atom stereocenters. The molecule has 2 N–H and O–H groups in total. The zero-order valence-electron chi connectivity index (χ0n) is 6.75. The smallest absolute Gasteiger partial charge is 0.237 e. The summed E-state index contributed by atoms with van der Waals surface area (Å²) in [7, 11) is -0.149. The van der Waals surface area contributed by atoms with E-state index in [0.717, 1.165) is 12.8 Å². The van der Waals surface area contributed by atoms with Crippen LogP contribution < -0.4 is 5.73 Å². The summed E-state index contributed by atoms with van der Waals surface area (Å²) in [5, 5.41) is 1.50. The molecular weight excluding hydrogens is 132 g/mol. The van der Waals surface area contributed by atoms with Crippen molar-refractivity contribution in [2.75, 3.05) is 13.6 Å². The third-order valence-electron chi connectivity index (χ3n) is 1.70. The fourth-order valence-corrected chi connectivity index (χ4v) is 1.18. The third kappa shape index (κ3) is 1.27. The summed E-state index contributed by atoms with van der Waals surface area (Å²) in [4.78, 5) is 15.6. The zero-order valence-corrected chi connectivity index (χ0v) is 5.75. The molecule has 0 aromatic carbocycles. The molecule has 0 aromatic rings. The maximum absolute atomic E-state index is 10.7. The number of amides is 1. The van der Waals surface area contributed by atoms with Crippen LogP contribution in [0.4, 0.5) is 0 Å². The van der Waals surface area contributed by atoms with Crippen LogP contribution in [0.3, 0.4) is 0 Å². The molecule has 0 bridgehead atoms. The van der Waals surface area contributed by atoms with E-state index in [9.17, 15) is 4.79 Å². The molecule has 1 rings (SSSR count). The standard InChI is InChI=1S/C6H12N2O2/c1-10-8-4-2-3-5(8)6(7)9/h5H,2-4H2,1H3,(H2,7,9)/t5-/m0/s1/i1D. The fourth-order valence-electron chi connectivity index (χ4n) is 1.18. The highest BCUT2D eigenvalue weighted by molar-refractivity contribution is 5.79. The summed E-state index contributed by atoms with van der Waals surface area (Å²) >= 11 is 0. The van der Waals surface area contributed by atoms with Crippen molar-refractivity contribution >= 4 is 5.91 Å². The van der Waals surface area contributed by atoms with Crippen molar-refractivity contribution < 1.29 is 11.0 Å². The molecule has 0 radical (unpaired) electrons. The Balaban J connectivity index is 2.44. The van der Waals surface area contributed by atoms with Gasteiger partial charge >= 0.3 is 0 Å². The van der Waals surface area contributed by atoms with Crippen LogP contribution >= 0.6 is 0 Å². The maximum Gasteiger partial charge on any atom is 0.237 e. The number of hydroxylamine groups is 2. The Hall–Kier alpha value is -0.610. The average molecular weight is 145 g/mol. The van der Waals surface area contributed by atoms with E-state index in [0.29, 0.717) is 6.54 Å². The first-order valence-corrected chi connectivity index (χ1v) is 3.24. The number of hydrogen-bond donors (Lipinski definition) is 1. The number of carbonyl (C=O) groups is 1. The molecule has 1 fully saturated rings.